The average molecular weight is 314 g/mol. The molecule has 0 unspecified atom stereocenters. The molecule has 98 valence electrons. The SMILES string of the molecule is Cc1cc(Br)oc1C(=O)N1CCO[C@@H]2CCC[C@H]21. The molecule has 1 amide bonds. The van der Waals surface area contributed by atoms with Crippen LogP contribution in [0.15, 0.2) is 15.2 Å². The number of morpholine rings is 1. The van der Waals surface area contributed by atoms with E-state index in [4.69, 9.17) is 9.15 Å². The van der Waals surface area contributed by atoms with Crippen molar-refractivity contribution in [2.75, 3.05) is 13.2 Å². The Hall–Kier alpha value is -0.810. The number of amides is 1. The highest BCUT2D eigenvalue weighted by Gasteiger charge is 2.39. The first-order valence-electron chi connectivity index (χ1n) is 6.35. The Labute approximate surface area is 114 Å². The summed E-state index contributed by atoms with van der Waals surface area (Å²) in [5.41, 5.74) is 0.882. The predicted octanol–water partition coefficient (Wildman–Crippen LogP) is 2.74. The van der Waals surface area contributed by atoms with Gasteiger partial charge in [-0.2, -0.15) is 0 Å². The molecule has 2 fully saturated rings. The first kappa shape index (κ1) is 12.2. The number of rotatable bonds is 1. The number of hydrogen-bond donors (Lipinski definition) is 0. The lowest BCUT2D eigenvalue weighted by atomic mass is 10.1. The van der Waals surface area contributed by atoms with E-state index in [-0.39, 0.29) is 18.1 Å². The molecule has 1 saturated heterocycles. The van der Waals surface area contributed by atoms with E-state index in [1.807, 2.05) is 17.9 Å². The van der Waals surface area contributed by atoms with Gasteiger partial charge in [0.15, 0.2) is 10.4 Å². The van der Waals surface area contributed by atoms with E-state index in [1.165, 1.54) is 0 Å². The first-order chi connectivity index (χ1) is 8.66. The van der Waals surface area contributed by atoms with E-state index in [0.29, 0.717) is 23.6 Å². The van der Waals surface area contributed by atoms with Crippen LogP contribution in [0, 0.1) is 6.92 Å². The highest BCUT2D eigenvalue weighted by molar-refractivity contribution is 9.10. The van der Waals surface area contributed by atoms with Crippen molar-refractivity contribution < 1.29 is 13.9 Å². The van der Waals surface area contributed by atoms with Gasteiger partial charge >= 0.3 is 0 Å². The number of carbonyl (C=O) groups is 1. The summed E-state index contributed by atoms with van der Waals surface area (Å²) in [5.74, 6) is 0.452. The van der Waals surface area contributed by atoms with Gasteiger partial charge in [0.25, 0.3) is 5.91 Å². The topological polar surface area (TPSA) is 42.7 Å². The second-order valence-corrected chi connectivity index (χ2v) is 5.75. The molecule has 3 rings (SSSR count). The lowest BCUT2D eigenvalue weighted by Gasteiger charge is -2.37. The summed E-state index contributed by atoms with van der Waals surface area (Å²) in [6, 6.07) is 2.06. The number of hydrogen-bond acceptors (Lipinski definition) is 3. The molecule has 0 spiro atoms. The molecule has 18 heavy (non-hydrogen) atoms. The van der Waals surface area contributed by atoms with Gasteiger partial charge in [-0.3, -0.25) is 4.79 Å². The van der Waals surface area contributed by atoms with E-state index in [1.54, 1.807) is 0 Å². The van der Waals surface area contributed by atoms with Crippen molar-refractivity contribution in [1.82, 2.24) is 4.90 Å². The molecule has 1 saturated carbocycles. The minimum Gasteiger partial charge on any atom is -0.444 e. The lowest BCUT2D eigenvalue weighted by Crippen LogP contribution is -2.51. The summed E-state index contributed by atoms with van der Waals surface area (Å²) in [6.45, 7) is 3.19. The zero-order valence-electron chi connectivity index (χ0n) is 10.3. The number of fused-ring (bicyclic) bond motifs is 1. The van der Waals surface area contributed by atoms with Gasteiger partial charge in [0.2, 0.25) is 0 Å². The number of ether oxygens (including phenoxy) is 1. The number of nitrogens with zero attached hydrogens (tertiary/aromatic N) is 1. The maximum absolute atomic E-state index is 12.5. The van der Waals surface area contributed by atoms with E-state index in [0.717, 1.165) is 24.8 Å². The second-order valence-electron chi connectivity index (χ2n) is 4.97. The summed E-state index contributed by atoms with van der Waals surface area (Å²) in [5, 5.41) is 0. The van der Waals surface area contributed by atoms with Crippen LogP contribution >= 0.6 is 15.9 Å². The van der Waals surface area contributed by atoms with Crippen LogP contribution in [-0.2, 0) is 4.74 Å². The van der Waals surface area contributed by atoms with Gasteiger partial charge in [0, 0.05) is 12.1 Å². The van der Waals surface area contributed by atoms with Gasteiger partial charge in [0.05, 0.1) is 18.8 Å². The molecule has 1 aromatic rings. The normalized spacial score (nSPS) is 27.3. The lowest BCUT2D eigenvalue weighted by molar-refractivity contribution is -0.0454. The fraction of sp³-hybridized carbons (Fsp3) is 0.615. The van der Waals surface area contributed by atoms with Gasteiger partial charge in [0.1, 0.15) is 0 Å². The molecule has 4 nitrogen and oxygen atoms in total. The molecule has 0 bridgehead atoms. The molecular formula is C13H16BrNO3. The Morgan fingerprint density at radius 1 is 1.50 bits per heavy atom. The van der Waals surface area contributed by atoms with Crippen molar-refractivity contribution in [2.45, 2.75) is 38.3 Å². The van der Waals surface area contributed by atoms with E-state index < -0.39 is 0 Å². The minimum absolute atomic E-state index is 0.00148. The molecule has 0 aromatic carbocycles. The van der Waals surface area contributed by atoms with Crippen molar-refractivity contribution in [1.29, 1.82) is 0 Å². The minimum atomic E-state index is -0.00148. The Morgan fingerprint density at radius 3 is 3.06 bits per heavy atom. The van der Waals surface area contributed by atoms with Crippen molar-refractivity contribution >= 4 is 21.8 Å². The molecule has 1 aliphatic carbocycles. The predicted molar refractivity (Wildman–Crippen MR) is 69.6 cm³/mol. The monoisotopic (exact) mass is 313 g/mol. The van der Waals surface area contributed by atoms with Crippen LogP contribution in [0.1, 0.15) is 35.4 Å². The summed E-state index contributed by atoms with van der Waals surface area (Å²) in [6.07, 6.45) is 3.47. The Bertz CT molecular complexity index is 471. The summed E-state index contributed by atoms with van der Waals surface area (Å²) >= 11 is 3.27. The Balaban J connectivity index is 1.85. The number of aryl methyl sites for hydroxylation is 1. The molecule has 5 heteroatoms. The zero-order valence-corrected chi connectivity index (χ0v) is 11.9. The van der Waals surface area contributed by atoms with Crippen molar-refractivity contribution in [3.8, 4) is 0 Å². The fourth-order valence-electron chi connectivity index (χ4n) is 2.96. The second kappa shape index (κ2) is 4.70. The molecule has 2 atom stereocenters. The van der Waals surface area contributed by atoms with E-state index in [2.05, 4.69) is 15.9 Å². The summed E-state index contributed by atoms with van der Waals surface area (Å²) in [7, 11) is 0. The third kappa shape index (κ3) is 1.99. The molecular weight excluding hydrogens is 298 g/mol. The van der Waals surface area contributed by atoms with Gasteiger partial charge in [-0.25, -0.2) is 0 Å². The average Bonchev–Trinajstić information content (AvgIpc) is 2.94. The van der Waals surface area contributed by atoms with Gasteiger partial charge in [-0.15, -0.1) is 0 Å². The molecule has 1 aliphatic heterocycles. The van der Waals surface area contributed by atoms with Crippen LogP contribution in [0.3, 0.4) is 0 Å². The molecule has 2 heterocycles. The summed E-state index contributed by atoms with van der Waals surface area (Å²) < 4.78 is 11.8. The standard InChI is InChI=1S/C13H16BrNO3/c1-8-7-11(14)18-12(8)13(16)15-5-6-17-10-4-2-3-9(10)15/h7,9-10H,2-6H2,1H3/t9-,10-/m1/s1. The maximum atomic E-state index is 12.5. The Morgan fingerprint density at radius 2 is 2.33 bits per heavy atom. The fourth-order valence-corrected chi connectivity index (χ4v) is 3.47. The maximum Gasteiger partial charge on any atom is 0.290 e. The van der Waals surface area contributed by atoms with Crippen LogP contribution in [0.4, 0.5) is 0 Å². The first-order valence-corrected chi connectivity index (χ1v) is 7.14. The quantitative estimate of drug-likeness (QED) is 0.800. The third-order valence-electron chi connectivity index (χ3n) is 3.82. The molecule has 2 aliphatic rings. The zero-order chi connectivity index (χ0) is 12.7. The largest absolute Gasteiger partial charge is 0.444 e. The van der Waals surface area contributed by atoms with Crippen LogP contribution in [0.2, 0.25) is 0 Å². The Kier molecular flexibility index (Phi) is 3.20. The molecule has 0 N–H and O–H groups in total. The third-order valence-corrected chi connectivity index (χ3v) is 4.22. The highest BCUT2D eigenvalue weighted by atomic mass is 79.9. The van der Waals surface area contributed by atoms with Crippen molar-refractivity contribution in [3.05, 3.63) is 22.1 Å². The highest BCUT2D eigenvalue weighted by Crippen LogP contribution is 2.31. The van der Waals surface area contributed by atoms with E-state index >= 15 is 0 Å². The van der Waals surface area contributed by atoms with Gasteiger partial charge in [-0.1, -0.05) is 0 Å². The number of furan rings is 1. The smallest absolute Gasteiger partial charge is 0.290 e. The van der Waals surface area contributed by atoms with Crippen molar-refractivity contribution in [2.24, 2.45) is 0 Å². The number of carbonyl (C=O) groups excluding carboxylic acids is 1. The van der Waals surface area contributed by atoms with Crippen molar-refractivity contribution in [3.63, 3.8) is 0 Å². The van der Waals surface area contributed by atoms with Crippen LogP contribution in [0.5, 0.6) is 0 Å². The van der Waals surface area contributed by atoms with E-state index in [9.17, 15) is 4.79 Å². The molecule has 0 radical (unpaired) electrons. The van der Waals surface area contributed by atoms with Crippen LogP contribution < -0.4 is 0 Å². The summed E-state index contributed by atoms with van der Waals surface area (Å²) in [4.78, 5) is 14.5. The van der Waals surface area contributed by atoms with Gasteiger partial charge in [-0.05, 0) is 48.2 Å². The van der Waals surface area contributed by atoms with Crippen LogP contribution in [-0.4, -0.2) is 36.1 Å². The van der Waals surface area contributed by atoms with Crippen LogP contribution in [0.25, 0.3) is 0 Å². The number of halogens is 1. The van der Waals surface area contributed by atoms with Gasteiger partial charge < -0.3 is 14.1 Å². The molecule has 1 aromatic heterocycles.